The van der Waals surface area contributed by atoms with Crippen molar-refractivity contribution in [2.24, 2.45) is 5.73 Å². The number of aromatic amines is 1. The van der Waals surface area contributed by atoms with E-state index < -0.39 is 0 Å². The number of para-hydroxylation sites is 2. The van der Waals surface area contributed by atoms with Crippen molar-refractivity contribution in [3.05, 3.63) is 53.6 Å². The Labute approximate surface area is 162 Å². The highest BCUT2D eigenvalue weighted by Crippen LogP contribution is 2.37. The molecule has 3 aromatic rings. The fourth-order valence-electron chi connectivity index (χ4n) is 3.80. The number of nitrogens with one attached hydrogen (secondary N) is 1. The molecule has 3 heteroatoms. The van der Waals surface area contributed by atoms with Crippen LogP contribution in [0, 0.1) is 0 Å². The quantitative estimate of drug-likeness (QED) is 0.443. The zero-order chi connectivity index (χ0) is 19.1. The Kier molecular flexibility index (Phi) is 6.94. The highest BCUT2D eigenvalue weighted by atomic mass is 16.5. The molecule has 0 saturated heterocycles. The third-order valence-electron chi connectivity index (χ3n) is 5.16. The first kappa shape index (κ1) is 19.5. The van der Waals surface area contributed by atoms with Crippen LogP contribution >= 0.6 is 0 Å². The molecule has 0 unspecified atom stereocenters. The fourth-order valence-corrected chi connectivity index (χ4v) is 3.80. The number of nitrogens with two attached hydrogens (primary N) is 1. The van der Waals surface area contributed by atoms with E-state index in [9.17, 15) is 0 Å². The first-order valence-corrected chi connectivity index (χ1v) is 10.3. The van der Waals surface area contributed by atoms with Gasteiger partial charge in [0.2, 0.25) is 0 Å². The molecule has 0 bridgehead atoms. The van der Waals surface area contributed by atoms with Crippen molar-refractivity contribution >= 4 is 10.9 Å². The largest absolute Gasteiger partial charge is 0.493 e. The van der Waals surface area contributed by atoms with E-state index in [1.165, 1.54) is 40.6 Å². The number of unbranched alkanes of at least 4 members (excludes halogenated alkanes) is 2. The summed E-state index contributed by atoms with van der Waals surface area (Å²) in [5.74, 6) is 0.946. The molecule has 1 heterocycles. The zero-order valence-corrected chi connectivity index (χ0v) is 16.7. The predicted octanol–water partition coefficient (Wildman–Crippen LogP) is 5.86. The molecular formula is C24H32N2O. The number of aromatic nitrogens is 1. The Morgan fingerprint density at radius 2 is 1.78 bits per heavy atom. The van der Waals surface area contributed by atoms with Gasteiger partial charge in [-0.05, 0) is 68.8 Å². The average molecular weight is 365 g/mol. The summed E-state index contributed by atoms with van der Waals surface area (Å²) in [7, 11) is 0. The topological polar surface area (TPSA) is 51.0 Å². The van der Waals surface area contributed by atoms with Crippen LogP contribution < -0.4 is 10.5 Å². The van der Waals surface area contributed by atoms with Gasteiger partial charge in [0, 0.05) is 16.5 Å². The van der Waals surface area contributed by atoms with E-state index in [1.807, 2.05) is 13.0 Å². The molecule has 3 rings (SSSR count). The molecular weight excluding hydrogens is 332 g/mol. The lowest BCUT2D eigenvalue weighted by Crippen LogP contribution is -2.00. The van der Waals surface area contributed by atoms with Gasteiger partial charge in [-0.3, -0.25) is 0 Å². The summed E-state index contributed by atoms with van der Waals surface area (Å²) in [6.45, 7) is 5.69. The smallest absolute Gasteiger partial charge is 0.128 e. The van der Waals surface area contributed by atoms with E-state index >= 15 is 0 Å². The van der Waals surface area contributed by atoms with E-state index in [0.29, 0.717) is 6.61 Å². The van der Waals surface area contributed by atoms with E-state index in [0.717, 1.165) is 43.5 Å². The molecule has 3 nitrogen and oxygen atoms in total. The lowest BCUT2D eigenvalue weighted by Gasteiger charge is -2.11. The Balaban J connectivity index is 2.13. The van der Waals surface area contributed by atoms with E-state index in [1.54, 1.807) is 0 Å². The molecule has 3 N–H and O–H groups in total. The molecule has 2 aromatic carbocycles. The average Bonchev–Trinajstić information content (AvgIpc) is 3.06. The van der Waals surface area contributed by atoms with Gasteiger partial charge in [0.05, 0.1) is 12.3 Å². The number of benzene rings is 2. The van der Waals surface area contributed by atoms with Crippen LogP contribution in [0.3, 0.4) is 0 Å². The predicted molar refractivity (Wildman–Crippen MR) is 116 cm³/mol. The second-order valence-electron chi connectivity index (χ2n) is 7.10. The van der Waals surface area contributed by atoms with Crippen LogP contribution in [-0.2, 0) is 12.8 Å². The zero-order valence-electron chi connectivity index (χ0n) is 16.7. The third kappa shape index (κ3) is 4.36. The minimum absolute atomic E-state index is 0.668. The molecule has 0 aliphatic heterocycles. The second kappa shape index (κ2) is 9.61. The van der Waals surface area contributed by atoms with E-state index in [2.05, 4.69) is 48.3 Å². The summed E-state index contributed by atoms with van der Waals surface area (Å²) in [6, 6.07) is 15.1. The Morgan fingerprint density at radius 1 is 0.926 bits per heavy atom. The molecule has 0 fully saturated rings. The van der Waals surface area contributed by atoms with Crippen LogP contribution in [0.2, 0.25) is 0 Å². The number of hydrogen-bond donors (Lipinski definition) is 2. The van der Waals surface area contributed by atoms with Gasteiger partial charge in [0.25, 0.3) is 0 Å². The van der Waals surface area contributed by atoms with Gasteiger partial charge in [0.1, 0.15) is 5.75 Å². The van der Waals surface area contributed by atoms with Crippen LogP contribution in [-0.4, -0.2) is 18.1 Å². The van der Waals surface area contributed by atoms with Crippen molar-refractivity contribution in [1.82, 2.24) is 4.98 Å². The molecule has 0 aliphatic rings. The normalized spacial score (nSPS) is 11.2. The van der Waals surface area contributed by atoms with Crippen LogP contribution in [0.5, 0.6) is 5.75 Å². The first-order chi connectivity index (χ1) is 13.3. The van der Waals surface area contributed by atoms with Gasteiger partial charge < -0.3 is 15.5 Å². The first-order valence-electron chi connectivity index (χ1n) is 10.3. The van der Waals surface area contributed by atoms with Gasteiger partial charge in [-0.15, -0.1) is 0 Å². The highest BCUT2D eigenvalue weighted by Gasteiger charge is 2.17. The Hall–Kier alpha value is -2.26. The molecule has 0 aliphatic carbocycles. The van der Waals surface area contributed by atoms with Crippen molar-refractivity contribution < 1.29 is 4.74 Å². The lowest BCUT2D eigenvalue weighted by molar-refractivity contribution is 0.341. The van der Waals surface area contributed by atoms with Gasteiger partial charge >= 0.3 is 0 Å². The number of aryl methyl sites for hydroxylation is 2. The molecule has 0 saturated carbocycles. The minimum Gasteiger partial charge on any atom is -0.493 e. The summed E-state index contributed by atoms with van der Waals surface area (Å²) in [5.41, 5.74) is 12.2. The number of H-pyrrole nitrogens is 1. The standard InChI is InChI=1S/C24H32N2O/c1-3-5-11-18-12-10-15-19-20(13-8-9-17-25)24(26-23(18)19)21-14-6-7-16-22(21)27-4-2/h6-7,10,12,14-16,26H,3-5,8-9,11,13,17,25H2,1-2H3. The number of fused-ring (bicyclic) bond motifs is 1. The SMILES string of the molecule is CCCCc1cccc2c(CCCCN)c(-c3ccccc3OCC)[nH]c12. The van der Waals surface area contributed by atoms with Gasteiger partial charge in [-0.1, -0.05) is 43.7 Å². The Morgan fingerprint density at radius 3 is 2.56 bits per heavy atom. The lowest BCUT2D eigenvalue weighted by atomic mass is 9.98. The van der Waals surface area contributed by atoms with E-state index in [4.69, 9.17) is 10.5 Å². The van der Waals surface area contributed by atoms with Crippen molar-refractivity contribution in [1.29, 1.82) is 0 Å². The molecule has 0 amide bonds. The summed E-state index contributed by atoms with van der Waals surface area (Å²) in [6.07, 6.45) is 6.72. The fraction of sp³-hybridized carbons (Fsp3) is 0.417. The second-order valence-corrected chi connectivity index (χ2v) is 7.10. The Bertz CT molecular complexity index is 866. The maximum Gasteiger partial charge on any atom is 0.128 e. The minimum atomic E-state index is 0.668. The summed E-state index contributed by atoms with van der Waals surface area (Å²) in [4.78, 5) is 3.77. The molecule has 0 radical (unpaired) electrons. The monoisotopic (exact) mass is 364 g/mol. The summed E-state index contributed by atoms with van der Waals surface area (Å²) >= 11 is 0. The van der Waals surface area contributed by atoms with Gasteiger partial charge in [-0.2, -0.15) is 0 Å². The third-order valence-corrected chi connectivity index (χ3v) is 5.16. The molecule has 1 aromatic heterocycles. The number of hydrogen-bond acceptors (Lipinski definition) is 2. The summed E-state index contributed by atoms with van der Waals surface area (Å²) in [5, 5.41) is 1.35. The molecule has 0 spiro atoms. The van der Waals surface area contributed by atoms with Crippen LogP contribution in [0.4, 0.5) is 0 Å². The molecule has 0 atom stereocenters. The number of rotatable bonds is 10. The molecule has 27 heavy (non-hydrogen) atoms. The maximum absolute atomic E-state index is 5.92. The van der Waals surface area contributed by atoms with Crippen molar-refractivity contribution in [2.75, 3.05) is 13.2 Å². The van der Waals surface area contributed by atoms with Gasteiger partial charge in [0.15, 0.2) is 0 Å². The van der Waals surface area contributed by atoms with E-state index in [-0.39, 0.29) is 0 Å². The highest BCUT2D eigenvalue weighted by molar-refractivity contribution is 5.93. The van der Waals surface area contributed by atoms with Crippen LogP contribution in [0.1, 0.15) is 50.7 Å². The van der Waals surface area contributed by atoms with Crippen molar-refractivity contribution in [2.45, 2.75) is 52.4 Å². The van der Waals surface area contributed by atoms with Crippen molar-refractivity contribution in [3.63, 3.8) is 0 Å². The molecule has 144 valence electrons. The van der Waals surface area contributed by atoms with Crippen molar-refractivity contribution in [3.8, 4) is 17.0 Å². The van der Waals surface area contributed by atoms with Crippen LogP contribution in [0.15, 0.2) is 42.5 Å². The summed E-state index contributed by atoms with van der Waals surface area (Å²) < 4.78 is 5.92. The number of ether oxygens (including phenoxy) is 1. The van der Waals surface area contributed by atoms with Crippen LogP contribution in [0.25, 0.3) is 22.2 Å². The maximum atomic E-state index is 5.92. The van der Waals surface area contributed by atoms with Gasteiger partial charge in [-0.25, -0.2) is 0 Å².